The molecule has 0 saturated carbocycles. The summed E-state index contributed by atoms with van der Waals surface area (Å²) in [4.78, 5) is 31.4. The van der Waals surface area contributed by atoms with E-state index in [2.05, 4.69) is 39.2 Å². The molecular weight excluding hydrogens is 318 g/mol. The van der Waals surface area contributed by atoms with Gasteiger partial charge >= 0.3 is 0 Å². The van der Waals surface area contributed by atoms with E-state index in [-0.39, 0.29) is 5.91 Å². The molecule has 2 aliphatic rings. The molecule has 7 nitrogen and oxygen atoms in total. The molecule has 0 aliphatic carbocycles. The average molecular weight is 345 g/mol. The number of likely N-dealkylation sites (N-methyl/N-ethyl adjacent to an activating group) is 1. The van der Waals surface area contributed by atoms with Crippen molar-refractivity contribution in [3.05, 3.63) is 24.3 Å². The zero-order chi connectivity index (χ0) is 17.6. The Hall–Kier alpha value is -2.12. The molecule has 2 amide bonds. The van der Waals surface area contributed by atoms with Gasteiger partial charge in [0.2, 0.25) is 12.3 Å². The number of carbonyl (C=O) groups is 2. The van der Waals surface area contributed by atoms with E-state index >= 15 is 0 Å². The Kier molecular flexibility index (Phi) is 5.88. The molecule has 2 saturated heterocycles. The van der Waals surface area contributed by atoms with Crippen LogP contribution in [0.3, 0.4) is 0 Å². The maximum absolute atomic E-state index is 12.2. The zero-order valence-corrected chi connectivity index (χ0v) is 14.9. The number of piperazine rings is 2. The second-order valence-corrected chi connectivity index (χ2v) is 6.80. The fourth-order valence-electron chi connectivity index (χ4n) is 3.25. The molecule has 1 N–H and O–H groups in total. The third kappa shape index (κ3) is 4.93. The Bertz CT molecular complexity index is 576. The molecule has 2 heterocycles. The lowest BCUT2D eigenvalue weighted by Gasteiger charge is -2.34. The van der Waals surface area contributed by atoms with Gasteiger partial charge in [-0.15, -0.1) is 0 Å². The van der Waals surface area contributed by atoms with Crippen LogP contribution in [0.15, 0.2) is 24.3 Å². The van der Waals surface area contributed by atoms with Crippen LogP contribution in [0.4, 0.5) is 11.4 Å². The molecule has 0 aromatic heterocycles. The van der Waals surface area contributed by atoms with Gasteiger partial charge in [-0.3, -0.25) is 14.5 Å². The van der Waals surface area contributed by atoms with Crippen LogP contribution < -0.4 is 10.2 Å². The van der Waals surface area contributed by atoms with Crippen molar-refractivity contribution in [2.24, 2.45) is 0 Å². The van der Waals surface area contributed by atoms with Crippen LogP contribution in [0.1, 0.15) is 0 Å². The number of rotatable bonds is 5. The first-order chi connectivity index (χ1) is 12.1. The first-order valence-corrected chi connectivity index (χ1v) is 8.89. The summed E-state index contributed by atoms with van der Waals surface area (Å²) in [5, 5.41) is 2.96. The highest BCUT2D eigenvalue weighted by Crippen LogP contribution is 2.19. The van der Waals surface area contributed by atoms with Crippen LogP contribution in [0.2, 0.25) is 0 Å². The highest BCUT2D eigenvalue weighted by molar-refractivity contribution is 5.92. The topological polar surface area (TPSA) is 59.1 Å². The normalized spacial score (nSPS) is 19.7. The maximum Gasteiger partial charge on any atom is 0.238 e. The van der Waals surface area contributed by atoms with E-state index in [4.69, 9.17) is 0 Å². The zero-order valence-electron chi connectivity index (χ0n) is 14.9. The second-order valence-electron chi connectivity index (χ2n) is 6.80. The van der Waals surface area contributed by atoms with Crippen LogP contribution in [-0.4, -0.2) is 93.0 Å². The van der Waals surface area contributed by atoms with Crippen molar-refractivity contribution in [2.75, 3.05) is 76.2 Å². The summed E-state index contributed by atoms with van der Waals surface area (Å²) in [6.45, 7) is 7.47. The summed E-state index contributed by atoms with van der Waals surface area (Å²) >= 11 is 0. The molecule has 2 aliphatic heterocycles. The molecule has 3 rings (SSSR count). The van der Waals surface area contributed by atoms with Crippen molar-refractivity contribution in [2.45, 2.75) is 0 Å². The summed E-state index contributed by atoms with van der Waals surface area (Å²) in [6, 6.07) is 8.08. The molecule has 7 heteroatoms. The SMILES string of the molecule is CN1CCN(c2ccc(NC(=O)CN3CCN(C=O)CC3)cc2)CC1. The van der Waals surface area contributed by atoms with Crippen LogP contribution in [-0.2, 0) is 9.59 Å². The number of nitrogens with one attached hydrogen (secondary N) is 1. The van der Waals surface area contributed by atoms with Gasteiger partial charge < -0.3 is 20.0 Å². The predicted octanol–water partition coefficient (Wildman–Crippen LogP) is 0.151. The van der Waals surface area contributed by atoms with E-state index in [0.717, 1.165) is 51.4 Å². The molecule has 0 spiro atoms. The molecule has 0 bridgehead atoms. The van der Waals surface area contributed by atoms with Gasteiger partial charge in [0.25, 0.3) is 0 Å². The van der Waals surface area contributed by atoms with Crippen molar-refractivity contribution in [3.63, 3.8) is 0 Å². The molecule has 0 atom stereocenters. The predicted molar refractivity (Wildman–Crippen MR) is 98.9 cm³/mol. The van der Waals surface area contributed by atoms with Gasteiger partial charge in [-0.05, 0) is 31.3 Å². The minimum Gasteiger partial charge on any atom is -0.369 e. The number of benzene rings is 1. The molecular formula is C18H27N5O2. The highest BCUT2D eigenvalue weighted by Gasteiger charge is 2.18. The quantitative estimate of drug-likeness (QED) is 0.770. The lowest BCUT2D eigenvalue weighted by molar-refractivity contribution is -0.120. The summed E-state index contributed by atoms with van der Waals surface area (Å²) < 4.78 is 0. The van der Waals surface area contributed by atoms with E-state index in [1.165, 1.54) is 5.69 Å². The fourth-order valence-corrected chi connectivity index (χ4v) is 3.25. The molecule has 2 fully saturated rings. The standard InChI is InChI=1S/C18H27N5O2/c1-20-6-12-23(13-7-20)17-4-2-16(3-5-17)19-18(25)14-21-8-10-22(15-24)11-9-21/h2-5,15H,6-14H2,1H3,(H,19,25). The Balaban J connectivity index is 1.46. The average Bonchev–Trinajstić information content (AvgIpc) is 2.64. The number of anilines is 2. The Labute approximate surface area is 149 Å². The van der Waals surface area contributed by atoms with Crippen LogP contribution in [0.5, 0.6) is 0 Å². The van der Waals surface area contributed by atoms with Gasteiger partial charge in [0, 0.05) is 63.7 Å². The van der Waals surface area contributed by atoms with E-state index in [1.807, 2.05) is 12.1 Å². The lowest BCUT2D eigenvalue weighted by Crippen LogP contribution is -2.48. The highest BCUT2D eigenvalue weighted by atomic mass is 16.2. The van der Waals surface area contributed by atoms with Gasteiger partial charge in [0.05, 0.1) is 6.54 Å². The molecule has 0 radical (unpaired) electrons. The Morgan fingerprint density at radius 1 is 1.00 bits per heavy atom. The van der Waals surface area contributed by atoms with Gasteiger partial charge in [-0.2, -0.15) is 0 Å². The largest absolute Gasteiger partial charge is 0.369 e. The molecule has 136 valence electrons. The second kappa shape index (κ2) is 8.31. The van der Waals surface area contributed by atoms with E-state index < -0.39 is 0 Å². The minimum atomic E-state index is -0.00750. The summed E-state index contributed by atoms with van der Waals surface area (Å²) in [5.41, 5.74) is 2.03. The Morgan fingerprint density at radius 3 is 2.24 bits per heavy atom. The van der Waals surface area contributed by atoms with Crippen molar-refractivity contribution in [3.8, 4) is 0 Å². The fraction of sp³-hybridized carbons (Fsp3) is 0.556. The van der Waals surface area contributed by atoms with Crippen LogP contribution >= 0.6 is 0 Å². The lowest BCUT2D eigenvalue weighted by atomic mass is 10.2. The first-order valence-electron chi connectivity index (χ1n) is 8.89. The molecule has 25 heavy (non-hydrogen) atoms. The summed E-state index contributed by atoms with van der Waals surface area (Å²) in [7, 11) is 2.15. The van der Waals surface area contributed by atoms with Gasteiger partial charge in [-0.1, -0.05) is 0 Å². The van der Waals surface area contributed by atoms with Crippen LogP contribution in [0, 0.1) is 0 Å². The molecule has 0 unspecified atom stereocenters. The number of nitrogens with zero attached hydrogens (tertiary/aromatic N) is 4. The van der Waals surface area contributed by atoms with Gasteiger partial charge in [0.1, 0.15) is 0 Å². The summed E-state index contributed by atoms with van der Waals surface area (Å²) in [6.07, 6.45) is 0.874. The van der Waals surface area contributed by atoms with E-state index in [9.17, 15) is 9.59 Å². The smallest absolute Gasteiger partial charge is 0.238 e. The third-order valence-electron chi connectivity index (χ3n) is 4.94. The number of hydrogen-bond acceptors (Lipinski definition) is 5. The van der Waals surface area contributed by atoms with Crippen molar-refractivity contribution < 1.29 is 9.59 Å². The number of carbonyl (C=O) groups excluding carboxylic acids is 2. The minimum absolute atomic E-state index is 0.00750. The van der Waals surface area contributed by atoms with E-state index in [1.54, 1.807) is 4.90 Å². The third-order valence-corrected chi connectivity index (χ3v) is 4.94. The summed E-state index contributed by atoms with van der Waals surface area (Å²) in [5.74, 6) is -0.00750. The first kappa shape index (κ1) is 17.7. The number of hydrogen-bond donors (Lipinski definition) is 1. The molecule has 1 aromatic carbocycles. The van der Waals surface area contributed by atoms with Gasteiger partial charge in [0.15, 0.2) is 0 Å². The van der Waals surface area contributed by atoms with Crippen molar-refractivity contribution in [1.82, 2.24) is 14.7 Å². The maximum atomic E-state index is 12.2. The van der Waals surface area contributed by atoms with Crippen LogP contribution in [0.25, 0.3) is 0 Å². The monoisotopic (exact) mass is 345 g/mol. The number of amides is 2. The van der Waals surface area contributed by atoms with Crippen molar-refractivity contribution in [1.29, 1.82) is 0 Å². The Morgan fingerprint density at radius 2 is 1.64 bits per heavy atom. The molecule has 1 aromatic rings. The van der Waals surface area contributed by atoms with E-state index in [0.29, 0.717) is 19.6 Å². The van der Waals surface area contributed by atoms with Crippen molar-refractivity contribution >= 4 is 23.7 Å². The van der Waals surface area contributed by atoms with Gasteiger partial charge in [-0.25, -0.2) is 0 Å².